The average molecular weight is 345 g/mol. The van der Waals surface area contributed by atoms with Crippen LogP contribution in [0.5, 0.6) is 0 Å². The Hall–Kier alpha value is -0.860. The van der Waals surface area contributed by atoms with Gasteiger partial charge in [0.15, 0.2) is 0 Å². The van der Waals surface area contributed by atoms with Gasteiger partial charge in [0.2, 0.25) is 0 Å². The third-order valence-corrected chi connectivity index (χ3v) is 7.47. The summed E-state index contributed by atoms with van der Waals surface area (Å²) >= 11 is 0. The standard InChI is InChI=1S/C23H36O2/c1-5-14(2)19-10-11-20-18(8-6-15(3)23(19)20)9-7-17-12-21(24)16(4)22(25)13-17/h7,9,14-15,19-25H,4-6,8,10-13H2,1-3H3/b18-9+/t14-,15+,19+,20-,21+,22+,23?/m0/s1. The summed E-state index contributed by atoms with van der Waals surface area (Å²) < 4.78 is 0. The fraction of sp³-hybridized carbons (Fsp3) is 0.739. The number of hydrogen-bond acceptors (Lipinski definition) is 2. The first-order chi connectivity index (χ1) is 11.9. The molecule has 1 unspecified atom stereocenters. The Morgan fingerprint density at radius 3 is 2.44 bits per heavy atom. The van der Waals surface area contributed by atoms with Gasteiger partial charge in [0.1, 0.15) is 0 Å². The maximum atomic E-state index is 10.0. The van der Waals surface area contributed by atoms with Crippen molar-refractivity contribution in [3.63, 3.8) is 0 Å². The van der Waals surface area contributed by atoms with Gasteiger partial charge in [-0.1, -0.05) is 57.1 Å². The predicted molar refractivity (Wildman–Crippen MR) is 104 cm³/mol. The van der Waals surface area contributed by atoms with Crippen molar-refractivity contribution in [2.75, 3.05) is 0 Å². The summed E-state index contributed by atoms with van der Waals surface area (Å²) in [5, 5.41) is 20.1. The van der Waals surface area contributed by atoms with E-state index >= 15 is 0 Å². The van der Waals surface area contributed by atoms with Gasteiger partial charge >= 0.3 is 0 Å². The van der Waals surface area contributed by atoms with Gasteiger partial charge in [-0.15, -0.1) is 0 Å². The van der Waals surface area contributed by atoms with E-state index < -0.39 is 12.2 Å². The Morgan fingerprint density at radius 1 is 1.12 bits per heavy atom. The van der Waals surface area contributed by atoms with E-state index in [4.69, 9.17) is 0 Å². The fourth-order valence-electron chi connectivity index (χ4n) is 5.68. The molecule has 3 aliphatic carbocycles. The van der Waals surface area contributed by atoms with Crippen molar-refractivity contribution in [2.45, 2.75) is 77.9 Å². The molecule has 25 heavy (non-hydrogen) atoms. The topological polar surface area (TPSA) is 40.5 Å². The van der Waals surface area contributed by atoms with Crippen LogP contribution in [0.15, 0.2) is 35.5 Å². The molecule has 3 fully saturated rings. The first kappa shape index (κ1) is 18.9. The summed E-state index contributed by atoms with van der Waals surface area (Å²) in [6.45, 7) is 11.0. The van der Waals surface area contributed by atoms with E-state index in [1.54, 1.807) is 5.57 Å². The van der Waals surface area contributed by atoms with E-state index in [2.05, 4.69) is 39.5 Å². The molecule has 0 amide bonds. The zero-order chi connectivity index (χ0) is 18.1. The first-order valence-electron chi connectivity index (χ1n) is 10.4. The highest BCUT2D eigenvalue weighted by Gasteiger charge is 2.44. The van der Waals surface area contributed by atoms with Crippen molar-refractivity contribution >= 4 is 0 Å². The van der Waals surface area contributed by atoms with Crippen molar-refractivity contribution in [1.82, 2.24) is 0 Å². The van der Waals surface area contributed by atoms with Crippen LogP contribution in [0.2, 0.25) is 0 Å². The smallest absolute Gasteiger partial charge is 0.0809 e. The molecule has 0 aromatic heterocycles. The number of aliphatic hydroxyl groups is 2. The number of hydrogen-bond donors (Lipinski definition) is 2. The number of fused-ring (bicyclic) bond motifs is 1. The van der Waals surface area contributed by atoms with Gasteiger partial charge in [0, 0.05) is 0 Å². The Balaban J connectivity index is 1.76. The molecule has 3 rings (SSSR count). The minimum Gasteiger partial charge on any atom is -0.388 e. The van der Waals surface area contributed by atoms with Gasteiger partial charge in [0.25, 0.3) is 0 Å². The average Bonchev–Trinajstić information content (AvgIpc) is 3.04. The van der Waals surface area contributed by atoms with Crippen molar-refractivity contribution < 1.29 is 10.2 Å². The Labute approximate surface area is 153 Å². The summed E-state index contributed by atoms with van der Waals surface area (Å²) in [7, 11) is 0. The molecule has 2 nitrogen and oxygen atoms in total. The summed E-state index contributed by atoms with van der Waals surface area (Å²) in [6.07, 6.45) is 11.2. The summed E-state index contributed by atoms with van der Waals surface area (Å²) in [4.78, 5) is 0. The SMILES string of the molecule is C=C1[C@H](O)CC(=C/C=C2\CC[C@@H](C)C3[C@H]2CC[C@@H]3[C@@H](C)CC)C[C@H]1O. The fourth-order valence-corrected chi connectivity index (χ4v) is 5.68. The molecule has 3 aliphatic rings. The molecule has 0 aromatic rings. The lowest BCUT2D eigenvalue weighted by Gasteiger charge is -2.39. The highest BCUT2D eigenvalue weighted by atomic mass is 16.3. The van der Waals surface area contributed by atoms with Crippen molar-refractivity contribution in [2.24, 2.45) is 29.6 Å². The molecule has 0 spiro atoms. The Kier molecular flexibility index (Phi) is 5.90. The molecule has 140 valence electrons. The van der Waals surface area contributed by atoms with E-state index in [9.17, 15) is 10.2 Å². The molecule has 0 aliphatic heterocycles. The van der Waals surface area contributed by atoms with Crippen LogP contribution >= 0.6 is 0 Å². The first-order valence-corrected chi connectivity index (χ1v) is 10.4. The lowest BCUT2D eigenvalue weighted by atomic mass is 9.66. The van der Waals surface area contributed by atoms with Gasteiger partial charge in [-0.2, -0.15) is 0 Å². The second kappa shape index (κ2) is 7.80. The minimum atomic E-state index is -0.589. The Bertz CT molecular complexity index is 542. The van der Waals surface area contributed by atoms with Gasteiger partial charge in [-0.25, -0.2) is 0 Å². The van der Waals surface area contributed by atoms with Crippen LogP contribution < -0.4 is 0 Å². The molecule has 0 aromatic carbocycles. The molecule has 2 heteroatoms. The zero-order valence-corrected chi connectivity index (χ0v) is 16.2. The van der Waals surface area contributed by atoms with Crippen molar-refractivity contribution in [3.8, 4) is 0 Å². The summed E-state index contributed by atoms with van der Waals surface area (Å²) in [5.41, 5.74) is 3.35. The molecule has 0 saturated heterocycles. The normalized spacial score (nSPS) is 41.7. The lowest BCUT2D eigenvalue weighted by Crippen LogP contribution is -2.31. The van der Waals surface area contributed by atoms with Crippen molar-refractivity contribution in [3.05, 3.63) is 35.5 Å². The molecule has 0 radical (unpaired) electrons. The number of aliphatic hydroxyl groups excluding tert-OH is 2. The minimum absolute atomic E-state index is 0.573. The molecular formula is C23H36O2. The number of rotatable bonds is 3. The zero-order valence-electron chi connectivity index (χ0n) is 16.2. The highest BCUT2D eigenvalue weighted by Crippen LogP contribution is 2.53. The Morgan fingerprint density at radius 2 is 1.80 bits per heavy atom. The third kappa shape index (κ3) is 3.80. The summed E-state index contributed by atoms with van der Waals surface area (Å²) in [6, 6.07) is 0. The monoisotopic (exact) mass is 344 g/mol. The second-order valence-corrected chi connectivity index (χ2v) is 8.91. The quantitative estimate of drug-likeness (QED) is 0.705. The lowest BCUT2D eigenvalue weighted by molar-refractivity contribution is 0.123. The summed E-state index contributed by atoms with van der Waals surface area (Å²) in [5.74, 6) is 4.19. The second-order valence-electron chi connectivity index (χ2n) is 8.91. The van der Waals surface area contributed by atoms with Crippen LogP contribution in [0.4, 0.5) is 0 Å². The van der Waals surface area contributed by atoms with E-state index in [0.29, 0.717) is 18.4 Å². The van der Waals surface area contributed by atoms with Crippen LogP contribution in [0, 0.1) is 29.6 Å². The molecule has 0 heterocycles. The van der Waals surface area contributed by atoms with E-state index in [-0.39, 0.29) is 0 Å². The van der Waals surface area contributed by atoms with Crippen LogP contribution in [-0.4, -0.2) is 22.4 Å². The maximum Gasteiger partial charge on any atom is 0.0809 e. The van der Waals surface area contributed by atoms with Gasteiger partial charge in [0.05, 0.1) is 12.2 Å². The molecular weight excluding hydrogens is 308 g/mol. The van der Waals surface area contributed by atoms with Crippen LogP contribution in [0.1, 0.15) is 65.7 Å². The van der Waals surface area contributed by atoms with Gasteiger partial charge < -0.3 is 10.2 Å². The molecule has 0 bridgehead atoms. The van der Waals surface area contributed by atoms with Crippen molar-refractivity contribution in [1.29, 1.82) is 0 Å². The predicted octanol–water partition coefficient (Wildman–Crippen LogP) is 5.03. The van der Waals surface area contributed by atoms with E-state index in [1.165, 1.54) is 32.1 Å². The largest absolute Gasteiger partial charge is 0.388 e. The highest BCUT2D eigenvalue weighted by molar-refractivity contribution is 5.29. The molecule has 7 atom stereocenters. The van der Waals surface area contributed by atoms with Gasteiger partial charge in [-0.05, 0) is 73.7 Å². The number of allylic oxidation sites excluding steroid dienone is 3. The maximum absolute atomic E-state index is 10.0. The van der Waals surface area contributed by atoms with E-state index in [1.807, 2.05) is 0 Å². The van der Waals surface area contributed by atoms with Crippen LogP contribution in [-0.2, 0) is 0 Å². The third-order valence-electron chi connectivity index (χ3n) is 7.47. The molecule has 3 saturated carbocycles. The van der Waals surface area contributed by atoms with Crippen LogP contribution in [0.25, 0.3) is 0 Å². The molecule has 2 N–H and O–H groups in total. The van der Waals surface area contributed by atoms with Crippen LogP contribution in [0.3, 0.4) is 0 Å². The van der Waals surface area contributed by atoms with Gasteiger partial charge in [-0.3, -0.25) is 0 Å². The van der Waals surface area contributed by atoms with E-state index in [0.717, 1.165) is 35.2 Å².